The Morgan fingerprint density at radius 3 is 2.61 bits per heavy atom. The summed E-state index contributed by atoms with van der Waals surface area (Å²) in [5.41, 5.74) is 2.42. The van der Waals surface area contributed by atoms with Crippen LogP contribution in [0, 0.1) is 0 Å². The summed E-state index contributed by atoms with van der Waals surface area (Å²) in [6.45, 7) is 0. The first-order valence-corrected chi connectivity index (χ1v) is 5.39. The van der Waals surface area contributed by atoms with Crippen LogP contribution in [0.15, 0.2) is 48.7 Å². The van der Waals surface area contributed by atoms with Crippen molar-refractivity contribution in [2.75, 3.05) is 0 Å². The molecule has 2 aromatic heterocycles. The fourth-order valence-corrected chi connectivity index (χ4v) is 1.85. The lowest BCUT2D eigenvalue weighted by Crippen LogP contribution is -1.97. The van der Waals surface area contributed by atoms with Gasteiger partial charge in [0.25, 0.3) is 0 Å². The van der Waals surface area contributed by atoms with Crippen LogP contribution in [0.4, 0.5) is 0 Å². The summed E-state index contributed by atoms with van der Waals surface area (Å²) in [6, 6.07) is 13.4. The molecule has 0 saturated carbocycles. The van der Waals surface area contributed by atoms with E-state index in [1.807, 2.05) is 36.4 Å². The van der Waals surface area contributed by atoms with Crippen LogP contribution in [-0.2, 0) is 0 Å². The molecule has 0 aliphatic heterocycles. The van der Waals surface area contributed by atoms with Crippen LogP contribution in [0.2, 0.25) is 0 Å². The zero-order chi connectivity index (χ0) is 12.5. The Hall–Kier alpha value is -2.69. The molecule has 88 valence electrons. The third-order valence-corrected chi connectivity index (χ3v) is 2.73. The number of pyridine rings is 1. The van der Waals surface area contributed by atoms with Gasteiger partial charge in [-0.2, -0.15) is 0 Å². The van der Waals surface area contributed by atoms with Crippen molar-refractivity contribution in [2.24, 2.45) is 0 Å². The number of carboxylic acids is 1. The van der Waals surface area contributed by atoms with E-state index in [0.717, 1.165) is 11.1 Å². The van der Waals surface area contributed by atoms with E-state index in [4.69, 9.17) is 5.11 Å². The van der Waals surface area contributed by atoms with E-state index >= 15 is 0 Å². The van der Waals surface area contributed by atoms with Gasteiger partial charge < -0.3 is 5.11 Å². The smallest absolute Gasteiger partial charge is 0.358 e. The molecule has 3 aromatic rings. The first kappa shape index (κ1) is 10.5. The number of fused-ring (bicyclic) bond motifs is 1. The van der Waals surface area contributed by atoms with Crippen molar-refractivity contribution in [2.45, 2.75) is 0 Å². The van der Waals surface area contributed by atoms with E-state index in [9.17, 15) is 4.79 Å². The lowest BCUT2D eigenvalue weighted by atomic mass is 10.1. The van der Waals surface area contributed by atoms with E-state index < -0.39 is 5.97 Å². The molecule has 0 spiro atoms. The first-order valence-electron chi connectivity index (χ1n) is 5.39. The highest BCUT2D eigenvalue weighted by Crippen LogP contribution is 2.21. The summed E-state index contributed by atoms with van der Waals surface area (Å²) in [4.78, 5) is 11.0. The molecule has 0 saturated heterocycles. The van der Waals surface area contributed by atoms with Crippen LogP contribution in [0.5, 0.6) is 0 Å². The van der Waals surface area contributed by atoms with Gasteiger partial charge >= 0.3 is 5.97 Å². The Balaban J connectivity index is 2.21. The maximum absolute atomic E-state index is 11.0. The number of rotatable bonds is 2. The van der Waals surface area contributed by atoms with Crippen molar-refractivity contribution >= 4 is 11.5 Å². The second-order valence-corrected chi connectivity index (χ2v) is 3.85. The minimum absolute atomic E-state index is 0.0345. The molecule has 0 radical (unpaired) electrons. The molecule has 0 aliphatic rings. The lowest BCUT2D eigenvalue weighted by molar-refractivity contribution is 0.0692. The van der Waals surface area contributed by atoms with Crippen molar-refractivity contribution in [1.82, 2.24) is 14.8 Å². The van der Waals surface area contributed by atoms with E-state index in [0.29, 0.717) is 5.52 Å². The molecule has 1 aromatic carbocycles. The molecular formula is C13H9N3O2. The standard InChI is InChI=1S/C13H9N3O2/c17-13(18)12-11-8-10(6-7-16(11)15-14-12)9-4-2-1-3-5-9/h1-8H,(H,17,18). The minimum Gasteiger partial charge on any atom is -0.476 e. The topological polar surface area (TPSA) is 67.5 Å². The van der Waals surface area contributed by atoms with E-state index in [1.54, 1.807) is 12.3 Å². The molecule has 5 heteroatoms. The highest BCUT2D eigenvalue weighted by atomic mass is 16.4. The molecule has 0 atom stereocenters. The van der Waals surface area contributed by atoms with Crippen molar-refractivity contribution in [3.05, 3.63) is 54.4 Å². The average molecular weight is 239 g/mol. The van der Waals surface area contributed by atoms with Gasteiger partial charge in [-0.05, 0) is 23.3 Å². The number of carbonyl (C=O) groups is 1. The SMILES string of the molecule is O=C(O)c1nnn2ccc(-c3ccccc3)cc12. The summed E-state index contributed by atoms with van der Waals surface area (Å²) in [6.07, 6.45) is 1.71. The number of benzene rings is 1. The number of nitrogens with zero attached hydrogens (tertiary/aromatic N) is 3. The highest BCUT2D eigenvalue weighted by molar-refractivity contribution is 5.93. The van der Waals surface area contributed by atoms with Gasteiger partial charge in [0.2, 0.25) is 0 Å². The summed E-state index contributed by atoms with van der Waals surface area (Å²) in [5, 5.41) is 16.4. The predicted molar refractivity (Wildman–Crippen MR) is 65.4 cm³/mol. The second-order valence-electron chi connectivity index (χ2n) is 3.85. The van der Waals surface area contributed by atoms with Gasteiger partial charge in [0.15, 0.2) is 5.69 Å². The summed E-state index contributed by atoms with van der Waals surface area (Å²) >= 11 is 0. The molecule has 0 aliphatic carbocycles. The monoisotopic (exact) mass is 239 g/mol. The quantitative estimate of drug-likeness (QED) is 0.743. The summed E-state index contributed by atoms with van der Waals surface area (Å²) in [7, 11) is 0. The van der Waals surface area contributed by atoms with Crippen LogP contribution >= 0.6 is 0 Å². The third-order valence-electron chi connectivity index (χ3n) is 2.73. The van der Waals surface area contributed by atoms with Crippen LogP contribution in [0.25, 0.3) is 16.6 Å². The maximum atomic E-state index is 11.0. The molecule has 0 unspecified atom stereocenters. The Labute approximate surface area is 102 Å². The lowest BCUT2D eigenvalue weighted by Gasteiger charge is -2.01. The molecule has 0 fully saturated rings. The van der Waals surface area contributed by atoms with Gasteiger partial charge in [0.1, 0.15) is 5.52 Å². The van der Waals surface area contributed by atoms with Gasteiger partial charge in [-0.3, -0.25) is 0 Å². The van der Waals surface area contributed by atoms with Crippen LogP contribution in [-0.4, -0.2) is 25.9 Å². The normalized spacial score (nSPS) is 10.7. The van der Waals surface area contributed by atoms with Gasteiger partial charge in [-0.1, -0.05) is 35.5 Å². The molecule has 0 amide bonds. The van der Waals surface area contributed by atoms with E-state index in [-0.39, 0.29) is 5.69 Å². The van der Waals surface area contributed by atoms with Gasteiger partial charge in [0.05, 0.1) is 0 Å². The molecular weight excluding hydrogens is 230 g/mol. The fraction of sp³-hybridized carbons (Fsp3) is 0. The molecule has 3 rings (SSSR count). The first-order chi connectivity index (χ1) is 8.75. The molecule has 5 nitrogen and oxygen atoms in total. The highest BCUT2D eigenvalue weighted by Gasteiger charge is 2.13. The average Bonchev–Trinajstić information content (AvgIpc) is 2.82. The Morgan fingerprint density at radius 1 is 1.11 bits per heavy atom. The van der Waals surface area contributed by atoms with Crippen LogP contribution in [0.3, 0.4) is 0 Å². The van der Waals surface area contributed by atoms with Gasteiger partial charge in [-0.15, -0.1) is 5.10 Å². The largest absolute Gasteiger partial charge is 0.476 e. The minimum atomic E-state index is -1.07. The van der Waals surface area contributed by atoms with E-state index in [1.165, 1.54) is 4.52 Å². The molecule has 0 bridgehead atoms. The summed E-state index contributed by atoms with van der Waals surface area (Å²) < 4.78 is 1.45. The number of hydrogen-bond donors (Lipinski definition) is 1. The van der Waals surface area contributed by atoms with Crippen molar-refractivity contribution in [3.8, 4) is 11.1 Å². The number of aromatic carboxylic acids is 1. The van der Waals surface area contributed by atoms with Crippen LogP contribution in [0.1, 0.15) is 10.5 Å². The fourth-order valence-electron chi connectivity index (χ4n) is 1.85. The van der Waals surface area contributed by atoms with Gasteiger partial charge in [-0.25, -0.2) is 9.31 Å². The van der Waals surface area contributed by atoms with Crippen molar-refractivity contribution < 1.29 is 9.90 Å². The Bertz CT molecular complexity index is 719. The molecule has 2 heterocycles. The Kier molecular flexibility index (Phi) is 2.30. The Morgan fingerprint density at radius 2 is 1.89 bits per heavy atom. The zero-order valence-electron chi connectivity index (χ0n) is 9.32. The predicted octanol–water partition coefficient (Wildman–Crippen LogP) is 2.09. The van der Waals surface area contributed by atoms with Crippen molar-refractivity contribution in [3.63, 3.8) is 0 Å². The zero-order valence-corrected chi connectivity index (χ0v) is 9.32. The summed E-state index contributed by atoms with van der Waals surface area (Å²) in [5.74, 6) is -1.07. The number of aromatic nitrogens is 3. The maximum Gasteiger partial charge on any atom is 0.358 e. The number of hydrogen-bond acceptors (Lipinski definition) is 3. The van der Waals surface area contributed by atoms with Crippen LogP contribution < -0.4 is 0 Å². The van der Waals surface area contributed by atoms with Gasteiger partial charge in [0, 0.05) is 6.20 Å². The molecule has 18 heavy (non-hydrogen) atoms. The van der Waals surface area contributed by atoms with E-state index in [2.05, 4.69) is 10.3 Å². The van der Waals surface area contributed by atoms with Crippen molar-refractivity contribution in [1.29, 1.82) is 0 Å². The second kappa shape index (κ2) is 3.96. The third kappa shape index (κ3) is 1.62. The number of carboxylic acid groups (broad SMARTS) is 1. The molecule has 1 N–H and O–H groups in total.